The first-order chi connectivity index (χ1) is 11.6. The predicted octanol–water partition coefficient (Wildman–Crippen LogP) is 1.82. The molecule has 0 saturated carbocycles. The topological polar surface area (TPSA) is 67.2 Å². The maximum Gasteiger partial charge on any atom is 0.272 e. The third-order valence-corrected chi connectivity index (χ3v) is 3.90. The van der Waals surface area contributed by atoms with Crippen LogP contribution in [0.5, 0.6) is 0 Å². The second-order valence-corrected chi connectivity index (χ2v) is 5.75. The lowest BCUT2D eigenvalue weighted by Gasteiger charge is -2.27. The fourth-order valence-corrected chi connectivity index (χ4v) is 2.68. The molecule has 1 aromatic heterocycles. The van der Waals surface area contributed by atoms with Crippen molar-refractivity contribution in [3.63, 3.8) is 0 Å². The number of nitrogens with zero attached hydrogens (tertiary/aromatic N) is 3. The summed E-state index contributed by atoms with van der Waals surface area (Å²) in [5.74, 6) is -0.798. The summed E-state index contributed by atoms with van der Waals surface area (Å²) in [6, 6.07) is 7.72. The zero-order valence-electron chi connectivity index (χ0n) is 13.5. The van der Waals surface area contributed by atoms with E-state index in [-0.39, 0.29) is 23.3 Å². The molecule has 1 N–H and O–H groups in total. The highest BCUT2D eigenvalue weighted by Crippen LogP contribution is 2.17. The molecule has 0 fully saturated rings. The minimum absolute atomic E-state index is 0.201. The van der Waals surface area contributed by atoms with Crippen molar-refractivity contribution in [3.8, 4) is 0 Å². The fraction of sp³-hybridized carbons (Fsp3) is 0.353. The molecule has 2 aromatic rings. The number of aromatic nitrogens is 2. The Bertz CT molecular complexity index is 772. The minimum Gasteiger partial charge on any atom is -0.351 e. The molecule has 3 rings (SSSR count). The van der Waals surface area contributed by atoms with E-state index in [0.717, 1.165) is 12.0 Å². The highest BCUT2D eigenvalue weighted by Gasteiger charge is 2.27. The first kappa shape index (κ1) is 16.2. The van der Waals surface area contributed by atoms with Gasteiger partial charge in [-0.1, -0.05) is 19.1 Å². The molecule has 0 saturated heterocycles. The fourth-order valence-electron chi connectivity index (χ4n) is 2.68. The van der Waals surface area contributed by atoms with Crippen LogP contribution in [0.15, 0.2) is 30.3 Å². The molecule has 6 nitrogen and oxygen atoms in total. The predicted molar refractivity (Wildman–Crippen MR) is 86.0 cm³/mol. The van der Waals surface area contributed by atoms with Crippen LogP contribution in [0.1, 0.15) is 39.9 Å². The maximum atomic E-state index is 13.3. The van der Waals surface area contributed by atoms with Gasteiger partial charge in [0.15, 0.2) is 5.69 Å². The number of rotatable bonds is 5. The molecule has 1 aromatic carbocycles. The molecule has 1 aliphatic rings. The Morgan fingerprint density at radius 1 is 1.33 bits per heavy atom. The number of nitrogens with one attached hydrogen (secondary N) is 1. The molecule has 0 radical (unpaired) electrons. The third kappa shape index (κ3) is 3.29. The lowest BCUT2D eigenvalue weighted by atomic mass is 10.2. The van der Waals surface area contributed by atoms with Gasteiger partial charge in [-0.05, 0) is 24.1 Å². The molecule has 126 valence electrons. The summed E-state index contributed by atoms with van der Waals surface area (Å²) in [4.78, 5) is 26.2. The lowest BCUT2D eigenvalue weighted by molar-refractivity contribution is 0.0683. The molecule has 0 atom stereocenters. The van der Waals surface area contributed by atoms with Gasteiger partial charge in [0, 0.05) is 25.7 Å². The van der Waals surface area contributed by atoms with Crippen LogP contribution >= 0.6 is 0 Å². The molecule has 0 spiro atoms. The van der Waals surface area contributed by atoms with Gasteiger partial charge >= 0.3 is 0 Å². The van der Waals surface area contributed by atoms with Crippen LogP contribution in [0.3, 0.4) is 0 Å². The molecule has 1 aliphatic heterocycles. The summed E-state index contributed by atoms with van der Waals surface area (Å²) < 4.78 is 14.9. The lowest BCUT2D eigenvalue weighted by Crippen LogP contribution is -2.39. The standard InChI is InChI=1S/C17H19FN4O2/c1-2-6-19-16(23)14-10-15-17(24)21(7-8-22(15)20-14)11-12-4-3-5-13(18)9-12/h3-5,9-10H,2,6-8,11H2,1H3,(H,19,23). The van der Waals surface area contributed by atoms with Crippen molar-refractivity contribution < 1.29 is 14.0 Å². The maximum absolute atomic E-state index is 13.3. The Hall–Kier alpha value is -2.70. The molecular weight excluding hydrogens is 311 g/mol. The summed E-state index contributed by atoms with van der Waals surface area (Å²) in [5, 5.41) is 6.96. The molecule has 0 unspecified atom stereocenters. The van der Waals surface area contributed by atoms with Crippen molar-refractivity contribution in [1.29, 1.82) is 0 Å². The van der Waals surface area contributed by atoms with E-state index in [2.05, 4.69) is 10.4 Å². The summed E-state index contributed by atoms with van der Waals surface area (Å²) in [6.45, 7) is 3.85. The Morgan fingerprint density at radius 3 is 2.92 bits per heavy atom. The van der Waals surface area contributed by atoms with Gasteiger partial charge < -0.3 is 10.2 Å². The number of benzene rings is 1. The second-order valence-electron chi connectivity index (χ2n) is 5.75. The number of halogens is 1. The summed E-state index contributed by atoms with van der Waals surface area (Å²) in [6.07, 6.45) is 0.833. The van der Waals surface area contributed by atoms with Crippen LogP contribution < -0.4 is 5.32 Å². The van der Waals surface area contributed by atoms with Gasteiger partial charge in [-0.3, -0.25) is 14.3 Å². The van der Waals surface area contributed by atoms with Crippen LogP contribution in [0.25, 0.3) is 0 Å². The monoisotopic (exact) mass is 330 g/mol. The van der Waals surface area contributed by atoms with E-state index in [1.165, 1.54) is 18.2 Å². The van der Waals surface area contributed by atoms with E-state index >= 15 is 0 Å². The van der Waals surface area contributed by atoms with Crippen molar-refractivity contribution in [2.75, 3.05) is 13.1 Å². The highest BCUT2D eigenvalue weighted by molar-refractivity contribution is 5.98. The first-order valence-corrected chi connectivity index (χ1v) is 7.98. The average molecular weight is 330 g/mol. The highest BCUT2D eigenvalue weighted by atomic mass is 19.1. The second kappa shape index (κ2) is 6.82. The quantitative estimate of drug-likeness (QED) is 0.909. The van der Waals surface area contributed by atoms with E-state index in [9.17, 15) is 14.0 Å². The normalized spacial score (nSPS) is 13.8. The molecule has 0 aliphatic carbocycles. The number of fused-ring (bicyclic) bond motifs is 1. The Morgan fingerprint density at radius 2 is 2.17 bits per heavy atom. The molecule has 2 amide bonds. The van der Waals surface area contributed by atoms with Crippen LogP contribution in [0, 0.1) is 5.82 Å². The van der Waals surface area contributed by atoms with Crippen molar-refractivity contribution in [2.45, 2.75) is 26.4 Å². The minimum atomic E-state index is -0.322. The third-order valence-electron chi connectivity index (χ3n) is 3.90. The van der Waals surface area contributed by atoms with Crippen molar-refractivity contribution in [2.24, 2.45) is 0 Å². The summed E-state index contributed by atoms with van der Waals surface area (Å²) in [7, 11) is 0. The van der Waals surface area contributed by atoms with Crippen LogP contribution in [-0.4, -0.2) is 39.6 Å². The van der Waals surface area contributed by atoms with Crippen LogP contribution in [0.4, 0.5) is 4.39 Å². The number of hydrogen-bond donors (Lipinski definition) is 1. The summed E-state index contributed by atoms with van der Waals surface area (Å²) >= 11 is 0. The average Bonchev–Trinajstić information content (AvgIpc) is 3.00. The van der Waals surface area contributed by atoms with E-state index in [1.807, 2.05) is 6.92 Å². The summed E-state index contributed by atoms with van der Waals surface area (Å²) in [5.41, 5.74) is 1.37. The van der Waals surface area contributed by atoms with Gasteiger partial charge in [-0.15, -0.1) is 0 Å². The van der Waals surface area contributed by atoms with E-state index in [0.29, 0.717) is 31.9 Å². The SMILES string of the molecule is CCCNC(=O)c1cc2n(n1)CCN(Cc1cccc(F)c1)C2=O. The molecule has 2 heterocycles. The van der Waals surface area contributed by atoms with E-state index < -0.39 is 0 Å². The zero-order valence-corrected chi connectivity index (χ0v) is 13.5. The van der Waals surface area contributed by atoms with E-state index in [4.69, 9.17) is 0 Å². The van der Waals surface area contributed by atoms with Gasteiger partial charge in [-0.2, -0.15) is 5.10 Å². The van der Waals surface area contributed by atoms with Crippen molar-refractivity contribution >= 4 is 11.8 Å². The van der Waals surface area contributed by atoms with Crippen molar-refractivity contribution in [3.05, 3.63) is 53.1 Å². The Kier molecular flexibility index (Phi) is 4.59. The van der Waals surface area contributed by atoms with Gasteiger partial charge in [0.25, 0.3) is 11.8 Å². The Balaban J connectivity index is 1.75. The Labute approximate surface area is 139 Å². The van der Waals surface area contributed by atoms with Gasteiger partial charge in [0.2, 0.25) is 0 Å². The zero-order chi connectivity index (χ0) is 17.1. The molecule has 7 heteroatoms. The molecular formula is C17H19FN4O2. The number of carbonyl (C=O) groups is 2. The van der Waals surface area contributed by atoms with Gasteiger partial charge in [0.1, 0.15) is 11.5 Å². The van der Waals surface area contributed by atoms with Gasteiger partial charge in [-0.25, -0.2) is 4.39 Å². The number of hydrogen-bond acceptors (Lipinski definition) is 3. The van der Waals surface area contributed by atoms with Crippen LogP contribution in [-0.2, 0) is 13.1 Å². The van der Waals surface area contributed by atoms with Gasteiger partial charge in [0.05, 0.1) is 6.54 Å². The van der Waals surface area contributed by atoms with Crippen LogP contribution in [0.2, 0.25) is 0 Å². The molecule has 24 heavy (non-hydrogen) atoms. The number of carbonyl (C=O) groups excluding carboxylic acids is 2. The smallest absolute Gasteiger partial charge is 0.272 e. The largest absolute Gasteiger partial charge is 0.351 e. The van der Waals surface area contributed by atoms with E-state index in [1.54, 1.807) is 21.7 Å². The first-order valence-electron chi connectivity index (χ1n) is 7.98. The number of amides is 2. The van der Waals surface area contributed by atoms with Crippen molar-refractivity contribution in [1.82, 2.24) is 20.0 Å². The molecule has 0 bridgehead atoms.